The van der Waals surface area contributed by atoms with E-state index in [0.717, 1.165) is 33.7 Å². The summed E-state index contributed by atoms with van der Waals surface area (Å²) in [6.07, 6.45) is -3.91. The van der Waals surface area contributed by atoms with Gasteiger partial charge in [-0.15, -0.1) is 13.2 Å². The predicted molar refractivity (Wildman–Crippen MR) is 78.8 cm³/mol. The third-order valence-electron chi connectivity index (χ3n) is 2.91. The normalized spacial score (nSPS) is 11.7. The fourth-order valence-electron chi connectivity index (χ4n) is 1.73. The Bertz CT molecular complexity index is 884. The van der Waals surface area contributed by atoms with E-state index in [9.17, 15) is 22.8 Å². The van der Waals surface area contributed by atoms with Crippen LogP contribution in [0.1, 0.15) is 0 Å². The average Bonchev–Trinajstić information content (AvgIpc) is 2.49. The van der Waals surface area contributed by atoms with Crippen molar-refractivity contribution in [2.24, 2.45) is 19.1 Å². The van der Waals surface area contributed by atoms with Crippen LogP contribution in [0.15, 0.2) is 44.9 Å². The molecule has 0 aliphatic heterocycles. The second-order valence-corrected chi connectivity index (χ2v) is 4.62. The van der Waals surface area contributed by atoms with E-state index in [1.807, 2.05) is 0 Å². The van der Waals surface area contributed by atoms with Crippen LogP contribution in [-0.2, 0) is 14.1 Å². The summed E-state index contributed by atoms with van der Waals surface area (Å²) < 4.78 is 47.3. The highest BCUT2D eigenvalue weighted by atomic mass is 19.4. The highest BCUT2D eigenvalue weighted by molar-refractivity contribution is 5.57. The van der Waals surface area contributed by atoms with Gasteiger partial charge in [0.15, 0.2) is 6.40 Å². The molecule has 0 unspecified atom stereocenters. The largest absolute Gasteiger partial charge is 0.573 e. The predicted octanol–water partition coefficient (Wildman–Crippen LogP) is 1.72. The van der Waals surface area contributed by atoms with E-state index >= 15 is 0 Å². The van der Waals surface area contributed by atoms with Crippen LogP contribution in [0.25, 0.3) is 0 Å². The van der Waals surface area contributed by atoms with Crippen LogP contribution in [0.5, 0.6) is 11.5 Å². The lowest BCUT2D eigenvalue weighted by atomic mass is 10.3. The molecular formula is C14H12F3N3O4. The summed E-state index contributed by atoms with van der Waals surface area (Å²) in [5.41, 5.74) is -1.12. The highest BCUT2D eigenvalue weighted by Gasteiger charge is 2.31. The fourth-order valence-corrected chi connectivity index (χ4v) is 1.73. The number of rotatable bonds is 4. The highest BCUT2D eigenvalue weighted by Crippen LogP contribution is 2.25. The number of hydrogen-bond donors (Lipinski definition) is 0. The molecular weight excluding hydrogens is 331 g/mol. The molecule has 24 heavy (non-hydrogen) atoms. The Morgan fingerprint density at radius 3 is 2.42 bits per heavy atom. The quantitative estimate of drug-likeness (QED) is 0.626. The van der Waals surface area contributed by atoms with E-state index < -0.39 is 23.4 Å². The van der Waals surface area contributed by atoms with Crippen molar-refractivity contribution in [3.05, 3.63) is 51.2 Å². The Morgan fingerprint density at radius 1 is 1.08 bits per heavy atom. The second kappa shape index (κ2) is 6.60. The van der Waals surface area contributed by atoms with Crippen molar-refractivity contribution < 1.29 is 22.6 Å². The number of nitrogens with zero attached hydrogens (tertiary/aromatic N) is 3. The lowest BCUT2D eigenvalue weighted by molar-refractivity contribution is -0.274. The molecule has 2 aromatic rings. The van der Waals surface area contributed by atoms with Crippen molar-refractivity contribution in [3.63, 3.8) is 0 Å². The SMILES string of the molecule is Cn1c(/N=C/Oc2cccc(OC(F)(F)F)c2)cc(=O)n(C)c1=O. The lowest BCUT2D eigenvalue weighted by Gasteiger charge is -2.09. The molecule has 0 fully saturated rings. The van der Waals surface area contributed by atoms with Gasteiger partial charge in [0, 0.05) is 26.2 Å². The van der Waals surface area contributed by atoms with Gasteiger partial charge >= 0.3 is 12.1 Å². The van der Waals surface area contributed by atoms with Gasteiger partial charge in [-0.2, -0.15) is 0 Å². The molecule has 0 spiro atoms. The fraction of sp³-hybridized carbons (Fsp3) is 0.214. The van der Waals surface area contributed by atoms with Gasteiger partial charge in [0.2, 0.25) is 0 Å². The van der Waals surface area contributed by atoms with Crippen LogP contribution in [0.3, 0.4) is 0 Å². The number of alkyl halides is 3. The van der Waals surface area contributed by atoms with Crippen molar-refractivity contribution in [2.75, 3.05) is 0 Å². The first-order valence-corrected chi connectivity index (χ1v) is 6.49. The number of benzene rings is 1. The Morgan fingerprint density at radius 2 is 1.75 bits per heavy atom. The minimum absolute atomic E-state index is 0.0331. The first-order chi connectivity index (χ1) is 11.2. The van der Waals surface area contributed by atoms with Gasteiger partial charge < -0.3 is 9.47 Å². The number of halogens is 3. The van der Waals surface area contributed by atoms with E-state index in [1.54, 1.807) is 0 Å². The number of ether oxygens (including phenoxy) is 2. The number of hydrogen-bond acceptors (Lipinski definition) is 5. The van der Waals surface area contributed by atoms with Gasteiger partial charge in [0.05, 0.1) is 0 Å². The summed E-state index contributed by atoms with van der Waals surface area (Å²) in [6.45, 7) is 0. The molecule has 128 valence electrons. The first-order valence-electron chi connectivity index (χ1n) is 6.49. The van der Waals surface area contributed by atoms with Gasteiger partial charge in [-0.3, -0.25) is 13.9 Å². The maximum atomic E-state index is 12.1. The van der Waals surface area contributed by atoms with Gasteiger partial charge in [-0.25, -0.2) is 9.79 Å². The Labute approximate surface area is 133 Å². The molecule has 0 atom stereocenters. The molecule has 1 aromatic carbocycles. The van der Waals surface area contributed by atoms with Crippen LogP contribution < -0.4 is 20.7 Å². The molecule has 0 aliphatic carbocycles. The molecule has 0 saturated heterocycles. The molecule has 0 N–H and O–H groups in total. The van der Waals surface area contributed by atoms with Gasteiger partial charge in [0.25, 0.3) is 5.56 Å². The minimum Gasteiger partial charge on any atom is -0.446 e. The Balaban J connectivity index is 2.17. The third kappa shape index (κ3) is 4.24. The van der Waals surface area contributed by atoms with E-state index in [-0.39, 0.29) is 11.6 Å². The average molecular weight is 343 g/mol. The standard InChI is InChI=1S/C14H12F3N3O4/c1-19-11(7-12(21)20(2)13(19)22)18-8-23-9-4-3-5-10(6-9)24-14(15,16)17/h3-8H,1-2H3/b18-8+. The van der Waals surface area contributed by atoms with Crippen molar-refractivity contribution >= 4 is 12.2 Å². The molecule has 0 radical (unpaired) electrons. The summed E-state index contributed by atoms with van der Waals surface area (Å²) in [5.74, 6) is -0.380. The molecule has 10 heteroatoms. The van der Waals surface area contributed by atoms with Crippen molar-refractivity contribution in [1.82, 2.24) is 9.13 Å². The molecule has 0 aliphatic rings. The molecule has 0 bridgehead atoms. The van der Waals surface area contributed by atoms with E-state index in [1.165, 1.54) is 26.2 Å². The van der Waals surface area contributed by atoms with E-state index in [4.69, 9.17) is 4.74 Å². The zero-order valence-electron chi connectivity index (χ0n) is 12.6. The Hall–Kier alpha value is -3.04. The van der Waals surface area contributed by atoms with E-state index in [2.05, 4.69) is 9.73 Å². The zero-order chi connectivity index (χ0) is 17.9. The summed E-state index contributed by atoms with van der Waals surface area (Å²) in [5, 5.41) is 0. The summed E-state index contributed by atoms with van der Waals surface area (Å²) in [7, 11) is 2.73. The molecule has 1 heterocycles. The van der Waals surface area contributed by atoms with Gasteiger partial charge in [-0.05, 0) is 12.1 Å². The van der Waals surface area contributed by atoms with Crippen LogP contribution in [0.2, 0.25) is 0 Å². The monoisotopic (exact) mass is 343 g/mol. The van der Waals surface area contributed by atoms with Crippen LogP contribution >= 0.6 is 0 Å². The summed E-state index contributed by atoms with van der Waals surface area (Å²) in [6, 6.07) is 5.94. The van der Waals surface area contributed by atoms with Crippen LogP contribution in [-0.4, -0.2) is 21.9 Å². The third-order valence-corrected chi connectivity index (χ3v) is 2.91. The number of aliphatic imine (C=N–C) groups is 1. The minimum atomic E-state index is -4.81. The lowest BCUT2D eigenvalue weighted by Crippen LogP contribution is -2.36. The first kappa shape index (κ1) is 17.3. The summed E-state index contributed by atoms with van der Waals surface area (Å²) in [4.78, 5) is 27.1. The second-order valence-electron chi connectivity index (χ2n) is 4.62. The van der Waals surface area contributed by atoms with Crippen molar-refractivity contribution in [2.45, 2.75) is 6.36 Å². The van der Waals surface area contributed by atoms with Crippen LogP contribution in [0, 0.1) is 0 Å². The summed E-state index contributed by atoms with van der Waals surface area (Å²) >= 11 is 0. The molecule has 2 rings (SSSR count). The molecule has 0 saturated carbocycles. The van der Waals surface area contributed by atoms with Crippen molar-refractivity contribution in [3.8, 4) is 11.5 Å². The van der Waals surface area contributed by atoms with E-state index in [0.29, 0.717) is 0 Å². The maximum Gasteiger partial charge on any atom is 0.573 e. The van der Waals surface area contributed by atoms with Gasteiger partial charge in [0.1, 0.15) is 17.3 Å². The molecule has 1 aromatic heterocycles. The number of aromatic nitrogens is 2. The van der Waals surface area contributed by atoms with Gasteiger partial charge in [-0.1, -0.05) is 6.07 Å². The van der Waals surface area contributed by atoms with Crippen molar-refractivity contribution in [1.29, 1.82) is 0 Å². The smallest absolute Gasteiger partial charge is 0.446 e. The Kier molecular flexibility index (Phi) is 4.77. The zero-order valence-corrected chi connectivity index (χ0v) is 12.6. The maximum absolute atomic E-state index is 12.1. The topological polar surface area (TPSA) is 74.8 Å². The molecule has 7 nitrogen and oxygen atoms in total. The van der Waals surface area contributed by atoms with Crippen LogP contribution in [0.4, 0.5) is 19.0 Å². The molecule has 0 amide bonds.